The number of carbonyl (C=O) groups is 1. The fourth-order valence-electron chi connectivity index (χ4n) is 1.26. The molecule has 0 aromatic heterocycles. The smallest absolute Gasteiger partial charge is 0.297 e. The third-order valence-corrected chi connectivity index (χ3v) is 3.08. The maximum Gasteiger partial charge on any atom is 0.523 e. The number of halogens is 3. The summed E-state index contributed by atoms with van der Waals surface area (Å²) in [6, 6.07) is 0. The number of ketones is 1. The average molecular weight is 246 g/mol. The normalized spacial score (nSPS) is 24.2. The molecule has 4 nitrogen and oxygen atoms in total. The lowest BCUT2D eigenvalue weighted by Crippen LogP contribution is -2.35. The molecule has 1 atom stereocenters. The molecule has 1 aliphatic rings. The van der Waals surface area contributed by atoms with Crippen LogP contribution in [0.15, 0.2) is 0 Å². The summed E-state index contributed by atoms with van der Waals surface area (Å²) in [7, 11) is -5.65. The first-order chi connectivity index (χ1) is 6.74. The second kappa shape index (κ2) is 4.09. The second-order valence-electron chi connectivity index (χ2n) is 3.20. The van der Waals surface area contributed by atoms with Crippen LogP contribution in [0.2, 0.25) is 0 Å². The Morgan fingerprint density at radius 3 is 2.33 bits per heavy atom. The first-order valence-electron chi connectivity index (χ1n) is 4.26. The Labute approximate surface area is 84.5 Å². The molecule has 0 heterocycles. The molecule has 1 rings (SSSR count). The SMILES string of the molecule is O=C1CCCCC1OS(=O)(=O)C(F)(F)F. The van der Waals surface area contributed by atoms with Gasteiger partial charge in [-0.3, -0.25) is 8.98 Å². The molecule has 88 valence electrons. The number of rotatable bonds is 2. The molecule has 0 aromatic rings. The predicted molar refractivity (Wildman–Crippen MR) is 43.3 cm³/mol. The quantitative estimate of drug-likeness (QED) is 0.545. The van der Waals surface area contributed by atoms with Crippen LogP contribution in [-0.2, 0) is 19.1 Å². The van der Waals surface area contributed by atoms with Crippen LogP contribution >= 0.6 is 0 Å². The minimum Gasteiger partial charge on any atom is -0.297 e. The molecule has 1 saturated carbocycles. The van der Waals surface area contributed by atoms with Gasteiger partial charge in [-0.15, -0.1) is 0 Å². The van der Waals surface area contributed by atoms with Crippen LogP contribution in [-0.4, -0.2) is 25.8 Å². The van der Waals surface area contributed by atoms with E-state index < -0.39 is 27.5 Å². The summed E-state index contributed by atoms with van der Waals surface area (Å²) in [5.41, 5.74) is -5.47. The van der Waals surface area contributed by atoms with Crippen molar-refractivity contribution in [3.05, 3.63) is 0 Å². The number of alkyl halides is 3. The summed E-state index contributed by atoms with van der Waals surface area (Å²) in [5, 5.41) is 0. The van der Waals surface area contributed by atoms with E-state index in [1.807, 2.05) is 0 Å². The van der Waals surface area contributed by atoms with Crippen LogP contribution < -0.4 is 0 Å². The topological polar surface area (TPSA) is 60.4 Å². The molecule has 0 bridgehead atoms. The van der Waals surface area contributed by atoms with E-state index in [2.05, 4.69) is 4.18 Å². The minimum absolute atomic E-state index is 0.0220. The van der Waals surface area contributed by atoms with Gasteiger partial charge in [0.15, 0.2) is 5.78 Å². The first kappa shape index (κ1) is 12.4. The second-order valence-corrected chi connectivity index (χ2v) is 4.76. The zero-order chi connectivity index (χ0) is 11.7. The average Bonchev–Trinajstić information content (AvgIpc) is 2.06. The molecular formula is C7H9F3O4S. The molecule has 0 spiro atoms. The van der Waals surface area contributed by atoms with E-state index in [0.717, 1.165) is 0 Å². The molecule has 0 N–H and O–H groups in total. The van der Waals surface area contributed by atoms with Gasteiger partial charge in [0, 0.05) is 6.42 Å². The molecule has 1 unspecified atom stereocenters. The van der Waals surface area contributed by atoms with Gasteiger partial charge in [0.05, 0.1) is 0 Å². The molecule has 0 radical (unpaired) electrons. The highest BCUT2D eigenvalue weighted by molar-refractivity contribution is 7.87. The highest BCUT2D eigenvalue weighted by Crippen LogP contribution is 2.28. The van der Waals surface area contributed by atoms with Crippen molar-refractivity contribution in [2.75, 3.05) is 0 Å². The van der Waals surface area contributed by atoms with Crippen molar-refractivity contribution in [3.8, 4) is 0 Å². The van der Waals surface area contributed by atoms with Gasteiger partial charge in [-0.05, 0) is 19.3 Å². The summed E-state index contributed by atoms with van der Waals surface area (Å²) >= 11 is 0. The van der Waals surface area contributed by atoms with Crippen LogP contribution in [0.25, 0.3) is 0 Å². The number of hydrogen-bond donors (Lipinski definition) is 0. The Morgan fingerprint density at radius 1 is 1.27 bits per heavy atom. The van der Waals surface area contributed by atoms with Crippen LogP contribution in [0, 0.1) is 0 Å². The van der Waals surface area contributed by atoms with Gasteiger partial charge >= 0.3 is 15.6 Å². The summed E-state index contributed by atoms with van der Waals surface area (Å²) in [6.45, 7) is 0. The van der Waals surface area contributed by atoms with Crippen LogP contribution in [0.1, 0.15) is 25.7 Å². The van der Waals surface area contributed by atoms with E-state index in [1.54, 1.807) is 0 Å². The summed E-state index contributed by atoms with van der Waals surface area (Å²) in [6.07, 6.45) is -0.328. The predicted octanol–water partition coefficient (Wildman–Crippen LogP) is 1.36. The van der Waals surface area contributed by atoms with E-state index in [-0.39, 0.29) is 12.8 Å². The Bertz CT molecular complexity index is 346. The van der Waals surface area contributed by atoms with Crippen molar-refractivity contribution >= 4 is 15.9 Å². The molecule has 1 fully saturated rings. The molecule has 0 amide bonds. The molecule has 0 saturated heterocycles. The lowest BCUT2D eigenvalue weighted by atomic mass is 9.97. The van der Waals surface area contributed by atoms with E-state index in [1.165, 1.54) is 0 Å². The van der Waals surface area contributed by atoms with Crippen molar-refractivity contribution in [2.24, 2.45) is 0 Å². The van der Waals surface area contributed by atoms with Crippen molar-refractivity contribution in [1.82, 2.24) is 0 Å². The highest BCUT2D eigenvalue weighted by Gasteiger charge is 2.49. The number of carbonyl (C=O) groups excluding carboxylic acids is 1. The third-order valence-electron chi connectivity index (χ3n) is 2.02. The van der Waals surface area contributed by atoms with Crippen LogP contribution in [0.3, 0.4) is 0 Å². The fraction of sp³-hybridized carbons (Fsp3) is 0.857. The minimum atomic E-state index is -5.65. The van der Waals surface area contributed by atoms with Gasteiger partial charge in [0.25, 0.3) is 0 Å². The highest BCUT2D eigenvalue weighted by atomic mass is 32.2. The fourth-order valence-corrected chi connectivity index (χ4v) is 1.88. The number of hydrogen-bond acceptors (Lipinski definition) is 4. The molecular weight excluding hydrogens is 237 g/mol. The van der Waals surface area contributed by atoms with Crippen molar-refractivity contribution in [2.45, 2.75) is 37.3 Å². The van der Waals surface area contributed by atoms with E-state index in [0.29, 0.717) is 12.8 Å². The van der Waals surface area contributed by atoms with Crippen molar-refractivity contribution < 1.29 is 30.6 Å². The van der Waals surface area contributed by atoms with Gasteiger partial charge in [-0.25, -0.2) is 0 Å². The summed E-state index contributed by atoms with van der Waals surface area (Å²) in [4.78, 5) is 11.0. The summed E-state index contributed by atoms with van der Waals surface area (Å²) < 4.78 is 60.7. The van der Waals surface area contributed by atoms with E-state index >= 15 is 0 Å². The van der Waals surface area contributed by atoms with E-state index in [4.69, 9.17) is 0 Å². The van der Waals surface area contributed by atoms with Gasteiger partial charge in [-0.1, -0.05) is 0 Å². The van der Waals surface area contributed by atoms with Crippen LogP contribution in [0.4, 0.5) is 13.2 Å². The first-order valence-corrected chi connectivity index (χ1v) is 5.67. The molecule has 0 aliphatic heterocycles. The van der Waals surface area contributed by atoms with Crippen molar-refractivity contribution in [3.63, 3.8) is 0 Å². The van der Waals surface area contributed by atoms with Gasteiger partial charge in [-0.2, -0.15) is 21.6 Å². The Balaban J connectivity index is 2.73. The van der Waals surface area contributed by atoms with Gasteiger partial charge in [0.1, 0.15) is 6.10 Å². The summed E-state index contributed by atoms with van der Waals surface area (Å²) in [5.74, 6) is -0.589. The van der Waals surface area contributed by atoms with Crippen LogP contribution in [0.5, 0.6) is 0 Å². The lowest BCUT2D eigenvalue weighted by molar-refractivity contribution is -0.128. The standard InChI is InChI=1S/C7H9F3O4S/c8-7(9,10)15(12,13)14-6-4-2-1-3-5(6)11/h6H,1-4H2. The Hall–Kier alpha value is -0.630. The molecule has 8 heteroatoms. The zero-order valence-corrected chi connectivity index (χ0v) is 8.40. The third kappa shape index (κ3) is 2.91. The molecule has 15 heavy (non-hydrogen) atoms. The monoisotopic (exact) mass is 246 g/mol. The largest absolute Gasteiger partial charge is 0.523 e. The Morgan fingerprint density at radius 2 is 1.87 bits per heavy atom. The van der Waals surface area contributed by atoms with Gasteiger partial charge in [0.2, 0.25) is 0 Å². The van der Waals surface area contributed by atoms with E-state index in [9.17, 15) is 26.4 Å². The van der Waals surface area contributed by atoms with Crippen molar-refractivity contribution in [1.29, 1.82) is 0 Å². The maximum atomic E-state index is 11.9. The number of Topliss-reactive ketones (excluding diaryl/α,β-unsaturated/α-hetero) is 1. The van der Waals surface area contributed by atoms with Gasteiger partial charge < -0.3 is 0 Å². The molecule has 0 aromatic carbocycles. The zero-order valence-electron chi connectivity index (χ0n) is 7.58. The Kier molecular flexibility index (Phi) is 3.39. The maximum absolute atomic E-state index is 11.9. The molecule has 1 aliphatic carbocycles. The lowest BCUT2D eigenvalue weighted by Gasteiger charge is -2.20.